The van der Waals surface area contributed by atoms with Gasteiger partial charge in [0.05, 0.1) is 0 Å². The molecular formula is CH4O10Si2. The highest BCUT2D eigenvalue weighted by atomic mass is 28.4. The molecule has 12 heteroatoms. The minimum atomic E-state index is -4.72. The van der Waals surface area contributed by atoms with Gasteiger partial charge in [-0.05, 0) is 0 Å². The molecule has 3 rings (SSSR count). The highest BCUT2D eigenvalue weighted by Gasteiger charge is 2.88. The Morgan fingerprint density at radius 1 is 1.15 bits per heavy atom. The summed E-state index contributed by atoms with van der Waals surface area (Å²) in [5.74, 6) is 0. The first kappa shape index (κ1) is 9.58. The van der Waals surface area contributed by atoms with Crippen LogP contribution in [0.25, 0.3) is 0 Å². The minimum Gasteiger partial charge on any atom is -0.366 e. The van der Waals surface area contributed by atoms with Crippen LogP contribution in [0, 0.1) is 0 Å². The zero-order valence-electron chi connectivity index (χ0n) is 5.74. The fourth-order valence-corrected chi connectivity index (χ4v) is 2.72. The zero-order valence-corrected chi connectivity index (χ0v) is 7.74. The van der Waals surface area contributed by atoms with E-state index in [2.05, 4.69) is 26.9 Å². The molecule has 13 heavy (non-hydrogen) atoms. The van der Waals surface area contributed by atoms with E-state index in [-0.39, 0.29) is 0 Å². The second-order valence-electron chi connectivity index (χ2n) is 2.14. The van der Waals surface area contributed by atoms with Crippen molar-refractivity contribution in [2.24, 2.45) is 0 Å². The van der Waals surface area contributed by atoms with E-state index in [0.29, 0.717) is 0 Å². The van der Waals surface area contributed by atoms with Crippen LogP contribution in [0.4, 0.5) is 0 Å². The molecule has 0 radical (unpaired) electrons. The van der Waals surface area contributed by atoms with E-state index in [9.17, 15) is 0 Å². The Kier molecular flexibility index (Phi) is 1.87. The summed E-state index contributed by atoms with van der Waals surface area (Å²) in [6.45, 7) is 0. The van der Waals surface area contributed by atoms with Gasteiger partial charge in [-0.3, -0.25) is 28.2 Å². The molecular weight excluding hydrogens is 228 g/mol. The van der Waals surface area contributed by atoms with E-state index in [1.54, 1.807) is 0 Å². The zero-order chi connectivity index (χ0) is 9.74. The van der Waals surface area contributed by atoms with E-state index in [0.717, 1.165) is 0 Å². The van der Waals surface area contributed by atoms with Crippen LogP contribution in [0.15, 0.2) is 0 Å². The van der Waals surface area contributed by atoms with Gasteiger partial charge in [0.15, 0.2) is 0 Å². The van der Waals surface area contributed by atoms with E-state index in [4.69, 9.17) is 20.1 Å². The summed E-state index contributed by atoms with van der Waals surface area (Å²) in [4.78, 5) is 17.4. The van der Waals surface area contributed by atoms with Crippen molar-refractivity contribution in [3.05, 3.63) is 0 Å². The van der Waals surface area contributed by atoms with Crippen LogP contribution in [0.2, 0.25) is 0 Å². The summed E-state index contributed by atoms with van der Waals surface area (Å²) in [6, 6.07) is 0. The first-order valence-electron chi connectivity index (χ1n) is 2.85. The van der Waals surface area contributed by atoms with Crippen molar-refractivity contribution in [3.63, 3.8) is 0 Å². The van der Waals surface area contributed by atoms with E-state index in [1.807, 2.05) is 0 Å². The molecule has 10 nitrogen and oxygen atoms in total. The molecule has 3 aliphatic rings. The second-order valence-corrected chi connectivity index (χ2v) is 5.42. The normalized spacial score (nSPS) is 42.5. The summed E-state index contributed by atoms with van der Waals surface area (Å²) >= 11 is 0. The molecule has 0 aromatic carbocycles. The maximum Gasteiger partial charge on any atom is 0.725 e. The average molecular weight is 232 g/mol. The lowest BCUT2D eigenvalue weighted by molar-refractivity contribution is -0.606. The molecule has 0 aromatic heterocycles. The van der Waals surface area contributed by atoms with Gasteiger partial charge >= 0.3 is 24.3 Å². The molecule has 3 fully saturated rings. The standard InChI is InChI=1S/CH4O10Si2/c2-10-12(4,5)6-1-7-13(8-1,9-1)11-3/h2-5H. The van der Waals surface area contributed by atoms with Crippen LogP contribution in [0.5, 0.6) is 0 Å². The maximum atomic E-state index is 8.68. The highest BCUT2D eigenvalue weighted by Crippen LogP contribution is 2.52. The van der Waals surface area contributed by atoms with Crippen molar-refractivity contribution >= 4 is 18.1 Å². The highest BCUT2D eigenvalue weighted by molar-refractivity contribution is 6.59. The first-order valence-corrected chi connectivity index (χ1v) is 6.20. The summed E-state index contributed by atoms with van der Waals surface area (Å²) in [6.07, 6.45) is -2.13. The molecule has 0 aromatic rings. The summed E-state index contributed by atoms with van der Waals surface area (Å²) in [7, 11) is -8.14. The van der Waals surface area contributed by atoms with Crippen LogP contribution in [-0.4, -0.2) is 44.4 Å². The molecule has 0 unspecified atom stereocenters. The van der Waals surface area contributed by atoms with E-state index >= 15 is 0 Å². The van der Waals surface area contributed by atoms with Gasteiger partial charge in [0.25, 0.3) is 0 Å². The molecule has 0 atom stereocenters. The topological polar surface area (TPSA) is 136 Å². The molecule has 76 valence electrons. The van der Waals surface area contributed by atoms with Crippen LogP contribution in [0.3, 0.4) is 0 Å². The average Bonchev–Trinajstić information content (AvgIpc) is 1.94. The Balaban J connectivity index is 1.87. The third-order valence-corrected chi connectivity index (χ3v) is 3.72. The van der Waals surface area contributed by atoms with Crippen LogP contribution < -0.4 is 0 Å². The molecule has 0 saturated carbocycles. The van der Waals surface area contributed by atoms with Crippen molar-refractivity contribution in [2.75, 3.05) is 0 Å². The largest absolute Gasteiger partial charge is 0.725 e. The minimum absolute atomic E-state index is 2.13. The molecule has 0 spiro atoms. The summed E-state index contributed by atoms with van der Waals surface area (Å²) in [5.41, 5.74) is 0. The fraction of sp³-hybridized carbons (Fsp3) is 1.00. The van der Waals surface area contributed by atoms with Gasteiger partial charge in [0, 0.05) is 0 Å². The lowest BCUT2D eigenvalue weighted by Gasteiger charge is -2.58. The Morgan fingerprint density at radius 3 is 2.08 bits per heavy atom. The van der Waals surface area contributed by atoms with Gasteiger partial charge in [-0.25, -0.2) is 0 Å². The van der Waals surface area contributed by atoms with Crippen molar-refractivity contribution in [2.45, 2.75) is 6.16 Å². The molecule has 3 heterocycles. The first-order chi connectivity index (χ1) is 5.95. The smallest absolute Gasteiger partial charge is 0.366 e. The predicted octanol–water partition coefficient (Wildman–Crippen LogP) is -2.47. The Hall–Kier alpha value is 0.0338. The molecule has 3 saturated heterocycles. The van der Waals surface area contributed by atoms with Crippen molar-refractivity contribution in [3.8, 4) is 0 Å². The molecule has 4 N–H and O–H groups in total. The predicted molar refractivity (Wildman–Crippen MR) is 30.4 cm³/mol. The monoisotopic (exact) mass is 232 g/mol. The Labute approximate surface area is 72.2 Å². The van der Waals surface area contributed by atoms with Crippen LogP contribution >= 0.6 is 0 Å². The van der Waals surface area contributed by atoms with Crippen LogP contribution in [-0.2, 0) is 26.9 Å². The SMILES string of the molecule is OO[Si](O)(O)OC12O[Si](OO)(O1)O2. The van der Waals surface area contributed by atoms with Crippen molar-refractivity contribution in [1.82, 2.24) is 0 Å². The maximum absolute atomic E-state index is 8.68. The van der Waals surface area contributed by atoms with Gasteiger partial charge in [-0.1, -0.05) is 0 Å². The molecule has 3 aliphatic heterocycles. The number of hydrogen-bond donors (Lipinski definition) is 4. The van der Waals surface area contributed by atoms with E-state index < -0.39 is 24.3 Å². The molecule has 2 bridgehead atoms. The van der Waals surface area contributed by atoms with Gasteiger partial charge in [-0.15, -0.1) is 0 Å². The molecule has 0 aliphatic carbocycles. The van der Waals surface area contributed by atoms with Gasteiger partial charge < -0.3 is 9.59 Å². The van der Waals surface area contributed by atoms with E-state index in [1.165, 1.54) is 0 Å². The third kappa shape index (κ3) is 1.34. The van der Waals surface area contributed by atoms with Crippen molar-refractivity contribution in [1.29, 1.82) is 0 Å². The third-order valence-electron chi connectivity index (χ3n) is 1.24. The fourth-order valence-electron chi connectivity index (χ4n) is 0.782. The lowest BCUT2D eigenvalue weighted by Crippen LogP contribution is -2.88. The van der Waals surface area contributed by atoms with Gasteiger partial charge in [0.2, 0.25) is 0 Å². The Bertz CT molecular complexity index is 205. The number of hydrogen-bond acceptors (Lipinski definition) is 10. The second kappa shape index (κ2) is 2.54. The van der Waals surface area contributed by atoms with Crippen molar-refractivity contribution < 1.29 is 47.0 Å². The van der Waals surface area contributed by atoms with Gasteiger partial charge in [0.1, 0.15) is 0 Å². The Morgan fingerprint density at radius 2 is 1.69 bits per heavy atom. The summed E-state index contributed by atoms with van der Waals surface area (Å²) < 4.78 is 24.6. The lowest BCUT2D eigenvalue weighted by atomic mass is 11.2. The molecule has 0 amide bonds. The van der Waals surface area contributed by atoms with Crippen LogP contribution in [0.1, 0.15) is 0 Å². The summed E-state index contributed by atoms with van der Waals surface area (Å²) in [5, 5.41) is 16.0. The quantitative estimate of drug-likeness (QED) is 0.234. The van der Waals surface area contributed by atoms with Gasteiger partial charge in [-0.2, -0.15) is 9.15 Å². The number of rotatable bonds is 4.